The Kier molecular flexibility index (Phi) is 4.19. The topological polar surface area (TPSA) is 51.0 Å². The molecule has 1 amide bonds. The second-order valence-electron chi connectivity index (χ2n) is 5.29. The van der Waals surface area contributed by atoms with E-state index in [2.05, 4.69) is 21.1 Å². The lowest BCUT2D eigenvalue weighted by atomic mass is 10.3. The van der Waals surface area contributed by atoms with Gasteiger partial charge in [-0.25, -0.2) is 4.98 Å². The first-order valence-corrected chi connectivity index (χ1v) is 7.42. The van der Waals surface area contributed by atoms with Crippen LogP contribution in [0.15, 0.2) is 61.3 Å². The van der Waals surface area contributed by atoms with Gasteiger partial charge in [0.05, 0.1) is 17.6 Å². The fourth-order valence-electron chi connectivity index (χ4n) is 2.55. The van der Waals surface area contributed by atoms with Crippen molar-refractivity contribution in [2.75, 3.05) is 7.05 Å². The van der Waals surface area contributed by atoms with Crippen molar-refractivity contribution in [2.24, 2.45) is 0 Å². The zero-order valence-corrected chi connectivity index (χ0v) is 13.0. The number of nitrogens with zero attached hydrogens (tertiary/aromatic N) is 4. The fourth-order valence-corrected chi connectivity index (χ4v) is 2.55. The van der Waals surface area contributed by atoms with Crippen LogP contribution in [0.4, 0.5) is 0 Å². The number of hydrogen-bond donors (Lipinski definition) is 0. The molecule has 0 bridgehead atoms. The van der Waals surface area contributed by atoms with Crippen LogP contribution in [0, 0.1) is 0 Å². The molecule has 0 aliphatic rings. The van der Waals surface area contributed by atoms with E-state index in [1.165, 1.54) is 0 Å². The Balaban J connectivity index is 1.90. The summed E-state index contributed by atoms with van der Waals surface area (Å²) in [6, 6.07) is 13.2. The molecule has 1 aromatic carbocycles. The molecule has 0 atom stereocenters. The van der Waals surface area contributed by atoms with Crippen LogP contribution >= 0.6 is 0 Å². The predicted octanol–water partition coefficient (Wildman–Crippen LogP) is 2.89. The quantitative estimate of drug-likeness (QED) is 0.681. The number of para-hydroxylation sites is 2. The van der Waals surface area contributed by atoms with E-state index in [0.717, 1.165) is 16.9 Å². The Morgan fingerprint density at radius 3 is 2.78 bits per heavy atom. The first-order valence-electron chi connectivity index (χ1n) is 7.42. The van der Waals surface area contributed by atoms with Gasteiger partial charge in [-0.05, 0) is 24.3 Å². The molecular formula is C18H18N4O. The lowest BCUT2D eigenvalue weighted by molar-refractivity contribution is 0.0774. The van der Waals surface area contributed by atoms with Gasteiger partial charge in [0.1, 0.15) is 11.5 Å². The summed E-state index contributed by atoms with van der Waals surface area (Å²) in [5.41, 5.74) is 2.39. The summed E-state index contributed by atoms with van der Waals surface area (Å²) in [6.45, 7) is 4.88. The van der Waals surface area contributed by atoms with Crippen LogP contribution in [0.3, 0.4) is 0 Å². The van der Waals surface area contributed by atoms with Gasteiger partial charge in [0, 0.05) is 19.8 Å². The summed E-state index contributed by atoms with van der Waals surface area (Å²) >= 11 is 0. The first-order chi connectivity index (χ1) is 11.2. The van der Waals surface area contributed by atoms with Crippen molar-refractivity contribution in [1.82, 2.24) is 19.4 Å². The Morgan fingerprint density at radius 1 is 1.26 bits per heavy atom. The van der Waals surface area contributed by atoms with Gasteiger partial charge in [0.25, 0.3) is 5.91 Å². The van der Waals surface area contributed by atoms with Crippen molar-refractivity contribution in [3.63, 3.8) is 0 Å². The zero-order chi connectivity index (χ0) is 16.2. The molecule has 0 radical (unpaired) electrons. The fraction of sp³-hybridized carbons (Fsp3) is 0.167. The molecule has 0 spiro atoms. The van der Waals surface area contributed by atoms with Crippen molar-refractivity contribution < 1.29 is 4.79 Å². The minimum Gasteiger partial charge on any atom is -0.333 e. The van der Waals surface area contributed by atoms with E-state index in [1.54, 1.807) is 36.3 Å². The summed E-state index contributed by atoms with van der Waals surface area (Å²) in [4.78, 5) is 22.8. The van der Waals surface area contributed by atoms with E-state index in [0.29, 0.717) is 18.8 Å². The smallest absolute Gasteiger partial charge is 0.272 e. The molecule has 2 heterocycles. The molecule has 2 aromatic heterocycles. The number of carbonyl (C=O) groups is 1. The third kappa shape index (κ3) is 2.99. The van der Waals surface area contributed by atoms with Crippen LogP contribution in [0.25, 0.3) is 11.0 Å². The van der Waals surface area contributed by atoms with E-state index in [4.69, 9.17) is 0 Å². The number of amides is 1. The van der Waals surface area contributed by atoms with E-state index in [-0.39, 0.29) is 5.91 Å². The van der Waals surface area contributed by atoms with Crippen LogP contribution in [0.5, 0.6) is 0 Å². The number of pyridine rings is 1. The van der Waals surface area contributed by atoms with Crippen LogP contribution in [0.2, 0.25) is 0 Å². The maximum absolute atomic E-state index is 12.4. The van der Waals surface area contributed by atoms with Crippen molar-refractivity contribution in [2.45, 2.75) is 13.1 Å². The van der Waals surface area contributed by atoms with Crippen molar-refractivity contribution in [3.8, 4) is 0 Å². The number of hydrogen-bond acceptors (Lipinski definition) is 3. The van der Waals surface area contributed by atoms with E-state index >= 15 is 0 Å². The zero-order valence-electron chi connectivity index (χ0n) is 13.0. The first kappa shape index (κ1) is 15.0. The summed E-state index contributed by atoms with van der Waals surface area (Å²) in [7, 11) is 1.76. The molecule has 0 N–H and O–H groups in total. The lowest BCUT2D eigenvalue weighted by Crippen LogP contribution is -2.28. The SMILES string of the molecule is C=CCn1c(CN(C)C(=O)c2ccccn2)nc2ccccc21. The van der Waals surface area contributed by atoms with Gasteiger partial charge >= 0.3 is 0 Å². The largest absolute Gasteiger partial charge is 0.333 e. The molecule has 5 heteroatoms. The van der Waals surface area contributed by atoms with Gasteiger partial charge in [0.15, 0.2) is 0 Å². The lowest BCUT2D eigenvalue weighted by Gasteiger charge is -2.17. The second-order valence-corrected chi connectivity index (χ2v) is 5.29. The number of imidazole rings is 1. The Morgan fingerprint density at radius 2 is 2.04 bits per heavy atom. The van der Waals surface area contributed by atoms with Crippen LogP contribution in [-0.2, 0) is 13.1 Å². The van der Waals surface area contributed by atoms with Crippen molar-refractivity contribution in [1.29, 1.82) is 0 Å². The standard InChI is InChI=1S/C18H18N4O/c1-3-12-22-16-10-5-4-8-14(16)20-17(22)13-21(2)18(23)15-9-6-7-11-19-15/h3-11H,1,12-13H2,2H3. The number of benzene rings is 1. The maximum atomic E-state index is 12.4. The van der Waals surface area contributed by atoms with Gasteiger partial charge in [-0.2, -0.15) is 0 Å². The van der Waals surface area contributed by atoms with Crippen molar-refractivity contribution >= 4 is 16.9 Å². The molecule has 0 aliphatic heterocycles. The van der Waals surface area contributed by atoms with Crippen molar-refractivity contribution in [3.05, 3.63) is 72.8 Å². The molecule has 23 heavy (non-hydrogen) atoms. The Labute approximate surface area is 134 Å². The monoisotopic (exact) mass is 306 g/mol. The molecule has 0 saturated heterocycles. The molecule has 3 rings (SSSR count). The Hall–Kier alpha value is -2.95. The van der Waals surface area contributed by atoms with E-state index in [1.807, 2.05) is 30.3 Å². The molecular weight excluding hydrogens is 288 g/mol. The van der Waals surface area contributed by atoms with Crippen LogP contribution in [-0.4, -0.2) is 32.4 Å². The highest BCUT2D eigenvalue weighted by Gasteiger charge is 2.17. The van der Waals surface area contributed by atoms with E-state index < -0.39 is 0 Å². The number of allylic oxidation sites excluding steroid dienone is 1. The molecule has 0 fully saturated rings. The predicted molar refractivity (Wildman–Crippen MR) is 90.0 cm³/mol. The summed E-state index contributed by atoms with van der Waals surface area (Å²) < 4.78 is 2.07. The summed E-state index contributed by atoms with van der Waals surface area (Å²) in [6.07, 6.45) is 3.45. The molecule has 0 saturated carbocycles. The van der Waals surface area contributed by atoms with Gasteiger partial charge in [-0.15, -0.1) is 6.58 Å². The number of fused-ring (bicyclic) bond motifs is 1. The third-order valence-electron chi connectivity index (χ3n) is 3.65. The van der Waals surface area contributed by atoms with E-state index in [9.17, 15) is 4.79 Å². The average Bonchev–Trinajstić information content (AvgIpc) is 2.93. The molecule has 3 aromatic rings. The molecule has 5 nitrogen and oxygen atoms in total. The average molecular weight is 306 g/mol. The van der Waals surface area contributed by atoms with Gasteiger partial charge in [0.2, 0.25) is 0 Å². The highest BCUT2D eigenvalue weighted by atomic mass is 16.2. The summed E-state index contributed by atoms with van der Waals surface area (Å²) in [5.74, 6) is 0.709. The maximum Gasteiger partial charge on any atom is 0.272 e. The number of aromatic nitrogens is 3. The second kappa shape index (κ2) is 6.44. The number of carbonyl (C=O) groups excluding carboxylic acids is 1. The normalized spacial score (nSPS) is 10.7. The van der Waals surface area contributed by atoms with Crippen LogP contribution < -0.4 is 0 Å². The Bertz CT molecular complexity index is 839. The highest BCUT2D eigenvalue weighted by Crippen LogP contribution is 2.17. The van der Waals surface area contributed by atoms with Crippen LogP contribution in [0.1, 0.15) is 16.3 Å². The van der Waals surface area contributed by atoms with Gasteiger partial charge in [-0.3, -0.25) is 9.78 Å². The van der Waals surface area contributed by atoms with Gasteiger partial charge in [-0.1, -0.05) is 24.3 Å². The summed E-state index contributed by atoms with van der Waals surface area (Å²) in [5, 5.41) is 0. The minimum absolute atomic E-state index is 0.122. The number of rotatable bonds is 5. The molecule has 0 unspecified atom stereocenters. The third-order valence-corrected chi connectivity index (χ3v) is 3.65. The van der Waals surface area contributed by atoms with Gasteiger partial charge < -0.3 is 9.47 Å². The minimum atomic E-state index is -0.122. The molecule has 116 valence electrons. The molecule has 0 aliphatic carbocycles. The highest BCUT2D eigenvalue weighted by molar-refractivity contribution is 5.92.